The Kier molecular flexibility index (Phi) is 6.18. The van der Waals surface area contributed by atoms with Crippen LogP contribution in [-0.2, 0) is 18.8 Å². The molecule has 4 heterocycles. The average molecular weight is 502 g/mol. The zero-order valence-electron chi connectivity index (χ0n) is 20.9. The van der Waals surface area contributed by atoms with Crippen molar-refractivity contribution < 1.29 is 4.74 Å². The molecule has 4 aromatic rings. The molecule has 1 N–H and O–H groups in total. The van der Waals surface area contributed by atoms with Crippen molar-refractivity contribution >= 4 is 27.4 Å². The Bertz CT molecular complexity index is 1440. The molecular weight excluding hydrogens is 470 g/mol. The van der Waals surface area contributed by atoms with Crippen LogP contribution in [0.3, 0.4) is 0 Å². The van der Waals surface area contributed by atoms with Gasteiger partial charge in [-0.1, -0.05) is 24.3 Å². The van der Waals surface area contributed by atoms with Crippen molar-refractivity contribution in [3.8, 4) is 22.2 Å². The van der Waals surface area contributed by atoms with Crippen LogP contribution in [-0.4, -0.2) is 48.3 Å². The Labute approximate surface area is 214 Å². The molecule has 0 saturated heterocycles. The normalized spacial score (nSPS) is 21.9. The number of nitrogens with one attached hydrogen (secondary N) is 1. The standard InChI is InChI=1S/C27H31N7OS/c1-33-15-20(29-16-33)23-21(17-7-5-4-6-8-17)22-24(30-18-9-11-19(35-3)12-10-18)31-25(32-27(22)36-23)26-28-13-14-34(26)2/h4-7,13-19H,8-12H2,1-3H3,(H,30,31,32). The zero-order chi connectivity index (χ0) is 24.6. The molecule has 2 aliphatic carbocycles. The number of imidazole rings is 2. The van der Waals surface area contributed by atoms with Gasteiger partial charge in [-0.15, -0.1) is 11.3 Å². The summed E-state index contributed by atoms with van der Waals surface area (Å²) < 4.78 is 9.58. The largest absolute Gasteiger partial charge is 0.381 e. The smallest absolute Gasteiger partial charge is 0.199 e. The SMILES string of the molecule is COC1CCC(Nc2nc(-c3nccn3C)nc3sc(-c4cn(C)cn4)c(C4C=CC=CC4)c23)CC1. The van der Waals surface area contributed by atoms with E-state index in [1.807, 2.05) is 42.9 Å². The monoisotopic (exact) mass is 501 g/mol. The number of methoxy groups -OCH3 is 1. The van der Waals surface area contributed by atoms with Crippen LogP contribution in [0.2, 0.25) is 0 Å². The Balaban J connectivity index is 1.53. The van der Waals surface area contributed by atoms with Crippen molar-refractivity contribution in [2.75, 3.05) is 12.4 Å². The van der Waals surface area contributed by atoms with Crippen molar-refractivity contribution in [2.24, 2.45) is 14.1 Å². The van der Waals surface area contributed by atoms with Crippen LogP contribution in [0.4, 0.5) is 5.82 Å². The average Bonchev–Trinajstić information content (AvgIpc) is 3.63. The Morgan fingerprint density at radius 3 is 2.61 bits per heavy atom. The Morgan fingerprint density at radius 2 is 1.94 bits per heavy atom. The minimum atomic E-state index is 0.244. The predicted octanol–water partition coefficient (Wildman–Crippen LogP) is 5.46. The molecule has 36 heavy (non-hydrogen) atoms. The molecule has 4 aromatic heterocycles. The van der Waals surface area contributed by atoms with Crippen molar-refractivity contribution in [3.05, 3.63) is 54.8 Å². The van der Waals surface area contributed by atoms with Gasteiger partial charge in [0.1, 0.15) is 10.6 Å². The van der Waals surface area contributed by atoms with Gasteiger partial charge in [0, 0.05) is 51.8 Å². The van der Waals surface area contributed by atoms with Gasteiger partial charge in [-0.25, -0.2) is 19.9 Å². The van der Waals surface area contributed by atoms with Gasteiger partial charge < -0.3 is 19.2 Å². The maximum atomic E-state index is 5.61. The zero-order valence-corrected chi connectivity index (χ0v) is 21.7. The lowest BCUT2D eigenvalue weighted by atomic mass is 9.89. The number of hydrogen-bond acceptors (Lipinski definition) is 7. The van der Waals surface area contributed by atoms with Crippen LogP contribution in [0.5, 0.6) is 0 Å². The highest BCUT2D eigenvalue weighted by atomic mass is 32.1. The molecule has 1 saturated carbocycles. The molecule has 0 aliphatic heterocycles. The summed E-state index contributed by atoms with van der Waals surface area (Å²) in [4.78, 5) is 21.6. The molecule has 6 rings (SSSR count). The van der Waals surface area contributed by atoms with E-state index < -0.39 is 0 Å². The molecule has 0 radical (unpaired) electrons. The summed E-state index contributed by atoms with van der Waals surface area (Å²) >= 11 is 1.70. The third-order valence-corrected chi connectivity index (χ3v) is 8.37. The number of thiophene rings is 1. The fourth-order valence-electron chi connectivity index (χ4n) is 5.31. The number of fused-ring (bicyclic) bond motifs is 1. The Morgan fingerprint density at radius 1 is 1.08 bits per heavy atom. The number of allylic oxidation sites excluding steroid dienone is 4. The topological polar surface area (TPSA) is 82.7 Å². The van der Waals surface area contributed by atoms with Gasteiger partial charge in [0.05, 0.1) is 28.4 Å². The summed E-state index contributed by atoms with van der Waals surface area (Å²) in [6.45, 7) is 0. The van der Waals surface area contributed by atoms with Crippen LogP contribution in [0.15, 0.2) is 49.2 Å². The minimum Gasteiger partial charge on any atom is -0.381 e. The van der Waals surface area contributed by atoms with Gasteiger partial charge in [-0.2, -0.15) is 0 Å². The summed E-state index contributed by atoms with van der Waals surface area (Å²) in [6.07, 6.45) is 22.0. The van der Waals surface area contributed by atoms with Gasteiger partial charge in [-0.3, -0.25) is 0 Å². The summed E-state index contributed by atoms with van der Waals surface area (Å²) in [5.74, 6) is 2.55. The van der Waals surface area contributed by atoms with E-state index in [1.54, 1.807) is 17.5 Å². The van der Waals surface area contributed by atoms with Crippen molar-refractivity contribution in [1.82, 2.24) is 29.1 Å². The number of aromatic nitrogens is 6. The van der Waals surface area contributed by atoms with Gasteiger partial charge in [-0.05, 0) is 37.7 Å². The first-order valence-electron chi connectivity index (χ1n) is 12.5. The molecule has 0 spiro atoms. The third kappa shape index (κ3) is 4.26. The molecule has 8 nitrogen and oxygen atoms in total. The molecule has 2 aliphatic rings. The highest BCUT2D eigenvalue weighted by Crippen LogP contribution is 2.46. The number of hydrogen-bond donors (Lipinski definition) is 1. The maximum Gasteiger partial charge on any atom is 0.199 e. The lowest BCUT2D eigenvalue weighted by Gasteiger charge is -2.29. The molecular formula is C27H31N7OS. The molecule has 0 bridgehead atoms. The lowest BCUT2D eigenvalue weighted by molar-refractivity contribution is 0.0681. The van der Waals surface area contributed by atoms with E-state index in [0.29, 0.717) is 18.0 Å². The lowest BCUT2D eigenvalue weighted by Crippen LogP contribution is -2.29. The fourth-order valence-corrected chi connectivity index (χ4v) is 6.52. The van der Waals surface area contributed by atoms with Crippen LogP contribution in [0.25, 0.3) is 32.4 Å². The van der Waals surface area contributed by atoms with Gasteiger partial charge in [0.25, 0.3) is 0 Å². The van der Waals surface area contributed by atoms with Crippen molar-refractivity contribution in [1.29, 1.82) is 0 Å². The minimum absolute atomic E-state index is 0.244. The third-order valence-electron chi connectivity index (χ3n) is 7.25. The van der Waals surface area contributed by atoms with Crippen LogP contribution >= 0.6 is 11.3 Å². The highest BCUT2D eigenvalue weighted by molar-refractivity contribution is 7.22. The number of anilines is 1. The first-order valence-corrected chi connectivity index (χ1v) is 13.4. The molecule has 186 valence electrons. The summed E-state index contributed by atoms with van der Waals surface area (Å²) in [5.41, 5.74) is 2.23. The van der Waals surface area contributed by atoms with E-state index in [2.05, 4.69) is 40.8 Å². The number of nitrogens with zero attached hydrogens (tertiary/aromatic N) is 6. The van der Waals surface area contributed by atoms with Crippen LogP contribution < -0.4 is 5.32 Å². The van der Waals surface area contributed by atoms with E-state index >= 15 is 0 Å². The number of ether oxygens (including phenoxy) is 1. The molecule has 0 amide bonds. The molecule has 1 unspecified atom stereocenters. The van der Waals surface area contributed by atoms with Gasteiger partial charge in [0.2, 0.25) is 0 Å². The molecule has 0 aromatic carbocycles. The van der Waals surface area contributed by atoms with E-state index in [9.17, 15) is 0 Å². The quantitative estimate of drug-likeness (QED) is 0.378. The highest BCUT2D eigenvalue weighted by Gasteiger charge is 2.28. The van der Waals surface area contributed by atoms with Crippen LogP contribution in [0, 0.1) is 0 Å². The van der Waals surface area contributed by atoms with Crippen molar-refractivity contribution in [2.45, 2.75) is 50.2 Å². The number of aryl methyl sites for hydroxylation is 2. The first-order chi connectivity index (χ1) is 17.6. The second-order valence-corrected chi connectivity index (χ2v) is 10.7. The summed E-state index contributed by atoms with van der Waals surface area (Å²) in [7, 11) is 5.80. The first kappa shape index (κ1) is 23.1. The number of rotatable bonds is 6. The van der Waals surface area contributed by atoms with E-state index in [0.717, 1.165) is 64.5 Å². The molecule has 1 atom stereocenters. The molecule has 1 fully saturated rings. The fraction of sp³-hybridized carbons (Fsp3) is 0.407. The summed E-state index contributed by atoms with van der Waals surface area (Å²) in [5, 5.41) is 4.94. The van der Waals surface area contributed by atoms with E-state index in [4.69, 9.17) is 19.7 Å². The summed E-state index contributed by atoms with van der Waals surface area (Å²) in [6, 6.07) is 0.344. The second kappa shape index (κ2) is 9.63. The maximum absolute atomic E-state index is 5.61. The van der Waals surface area contributed by atoms with Crippen LogP contribution in [0.1, 0.15) is 43.6 Å². The second-order valence-electron chi connectivity index (χ2n) is 9.72. The predicted molar refractivity (Wildman–Crippen MR) is 144 cm³/mol. The van der Waals surface area contributed by atoms with Gasteiger partial charge >= 0.3 is 0 Å². The van der Waals surface area contributed by atoms with E-state index in [1.165, 1.54) is 5.56 Å². The Hall–Kier alpha value is -3.30. The molecule has 9 heteroatoms. The van der Waals surface area contributed by atoms with Gasteiger partial charge in [0.15, 0.2) is 11.6 Å². The van der Waals surface area contributed by atoms with Crippen molar-refractivity contribution in [3.63, 3.8) is 0 Å². The van der Waals surface area contributed by atoms with E-state index in [-0.39, 0.29) is 5.92 Å².